The van der Waals surface area contributed by atoms with E-state index in [1.807, 2.05) is 0 Å². The summed E-state index contributed by atoms with van der Waals surface area (Å²) in [5.74, 6) is 3.19. The average Bonchev–Trinajstić information content (AvgIpc) is 3.91. The van der Waals surface area contributed by atoms with E-state index in [1.54, 1.807) is 23.2 Å². The fourth-order valence-electron chi connectivity index (χ4n) is 11.4. The van der Waals surface area contributed by atoms with E-state index in [0.717, 1.165) is 22.6 Å². The number of hydrogen-bond donors (Lipinski definition) is 0. The minimum Gasteiger partial charge on any atom is -0.302 e. The third-order valence-corrected chi connectivity index (χ3v) is 21.1. The molecule has 2 atom stereocenters. The predicted octanol–water partition coefficient (Wildman–Crippen LogP) is 14.3. The molecular weight excluding hydrogens is 770 g/mol. The molecule has 6 aliphatic rings. The van der Waals surface area contributed by atoms with Crippen LogP contribution in [0.1, 0.15) is 152 Å². The van der Waals surface area contributed by atoms with Crippen LogP contribution < -0.4 is 0 Å². The molecule has 2 nitrogen and oxygen atoms in total. The maximum Gasteiger partial charge on any atom is 2.00 e. The quantitative estimate of drug-likeness (QED) is 0.155. The van der Waals surface area contributed by atoms with Gasteiger partial charge in [0.15, 0.2) is 0 Å². The molecule has 0 bridgehead atoms. The van der Waals surface area contributed by atoms with Gasteiger partial charge in [0, 0.05) is 35.2 Å². The van der Waals surface area contributed by atoms with E-state index in [4.69, 9.17) is 0 Å². The minimum absolute atomic E-state index is 0. The topological polar surface area (TPSA) is 6.48 Å². The molecule has 0 aliphatic heterocycles. The standard InChI is InChI=1S/2C26H37NP.Fe/c2*1-27(2)26(21-13-6-3-7-14-21)24-19-12-20-25(24)28(22-15-8-4-9-16-22)23-17-10-5-11-18-23;/h2*3,6-7,12-14,19-20,22-23,26H,4-5,8-11,15-18H2,1-2H3;/q;;+2/t2*26-;/m11./s1. The molecule has 0 saturated heterocycles. The molecule has 8 rings (SSSR count). The number of rotatable bonds is 12. The van der Waals surface area contributed by atoms with Gasteiger partial charge in [0.1, 0.15) is 0 Å². The molecule has 57 heavy (non-hydrogen) atoms. The van der Waals surface area contributed by atoms with Gasteiger partial charge < -0.3 is 9.80 Å². The van der Waals surface area contributed by atoms with Gasteiger partial charge in [-0.3, -0.25) is 0 Å². The zero-order valence-corrected chi connectivity index (χ0v) is 38.9. The molecule has 0 N–H and O–H groups in total. The number of nitrogens with zero attached hydrogens (tertiary/aromatic N) is 2. The van der Waals surface area contributed by atoms with E-state index >= 15 is 0 Å². The Hall–Kier alpha value is -0.261. The summed E-state index contributed by atoms with van der Waals surface area (Å²) in [5.41, 5.74) is 10.2. The molecule has 0 spiro atoms. The molecule has 2 aromatic carbocycles. The molecule has 6 aliphatic carbocycles. The van der Waals surface area contributed by atoms with Crippen LogP contribution in [0.25, 0.3) is 0 Å². The second-order valence-electron chi connectivity index (χ2n) is 18.3. The third-order valence-electron chi connectivity index (χ3n) is 13.9. The molecule has 10 radical (unpaired) electrons. The van der Waals surface area contributed by atoms with E-state index in [1.165, 1.54) is 140 Å². The van der Waals surface area contributed by atoms with Gasteiger partial charge in [-0.1, -0.05) is 154 Å². The predicted molar refractivity (Wildman–Crippen MR) is 246 cm³/mol. The number of benzene rings is 2. The number of hydrogen-bond acceptors (Lipinski definition) is 2. The second-order valence-corrected chi connectivity index (χ2v) is 23.8. The zero-order valence-electron chi connectivity index (χ0n) is 36.0. The molecule has 5 heteroatoms. The van der Waals surface area contributed by atoms with Crippen LogP contribution in [0, 0.1) is 61.7 Å². The Bertz CT molecular complexity index is 1220. The molecule has 0 heterocycles. The SMILES string of the molecule is CN(C)[C@@H]([C]1[CH][CH][CH][C]1P(C1CCCCC1)C1CCCCC1)c1ccccc1.CN(C)[C@@H]([C]1[CH][CH][CH][C]1P(C1CCCCC1)C1CCCCC1)c1ccccc1.[Fe+2]. The van der Waals surface area contributed by atoms with Gasteiger partial charge in [-0.25, -0.2) is 0 Å². The van der Waals surface area contributed by atoms with Crippen molar-refractivity contribution in [2.75, 3.05) is 28.2 Å². The Morgan fingerprint density at radius 1 is 0.404 bits per heavy atom. The van der Waals surface area contributed by atoms with Crippen molar-refractivity contribution in [3.8, 4) is 0 Å². The van der Waals surface area contributed by atoms with Crippen molar-refractivity contribution < 1.29 is 17.1 Å². The molecule has 0 amide bonds. The summed E-state index contributed by atoms with van der Waals surface area (Å²) in [5, 5.41) is 0. The normalized spacial score (nSPS) is 24.6. The van der Waals surface area contributed by atoms with Crippen LogP contribution in [-0.2, 0) is 17.1 Å². The first kappa shape index (κ1) is 46.2. The Labute approximate surface area is 365 Å². The fourth-order valence-corrected chi connectivity index (χ4v) is 19.3. The maximum absolute atomic E-state index is 2.52. The zero-order chi connectivity index (χ0) is 38.7. The summed E-state index contributed by atoms with van der Waals surface area (Å²) in [6.45, 7) is 0. The molecule has 2 aromatic rings. The van der Waals surface area contributed by atoms with E-state index < -0.39 is 0 Å². The second kappa shape index (κ2) is 23.8. The summed E-state index contributed by atoms with van der Waals surface area (Å²) in [4.78, 5) is 4.84. The Morgan fingerprint density at radius 3 is 0.947 bits per heavy atom. The van der Waals surface area contributed by atoms with Crippen molar-refractivity contribution in [1.82, 2.24) is 9.80 Å². The summed E-state index contributed by atoms with van der Waals surface area (Å²) >= 11 is 0. The summed E-state index contributed by atoms with van der Waals surface area (Å²) in [7, 11) is 8.89. The summed E-state index contributed by atoms with van der Waals surface area (Å²) in [6.07, 6.45) is 44.0. The first-order valence-electron chi connectivity index (χ1n) is 23.0. The van der Waals surface area contributed by atoms with Crippen molar-refractivity contribution in [2.45, 2.75) is 163 Å². The monoisotopic (exact) mass is 844 g/mol. The minimum atomic E-state index is -0.0501. The van der Waals surface area contributed by atoms with Gasteiger partial charge in [0.2, 0.25) is 0 Å². The van der Waals surface area contributed by atoms with Crippen molar-refractivity contribution >= 4 is 15.8 Å². The molecular formula is C52H74FeN2P2+2. The smallest absolute Gasteiger partial charge is 0.302 e. The molecule has 6 saturated carbocycles. The van der Waals surface area contributed by atoms with Crippen LogP contribution in [0.15, 0.2) is 60.7 Å². The van der Waals surface area contributed by atoms with Crippen molar-refractivity contribution in [3.05, 3.63) is 133 Å². The van der Waals surface area contributed by atoms with Crippen molar-refractivity contribution in [3.63, 3.8) is 0 Å². The van der Waals surface area contributed by atoms with Gasteiger partial charge in [0.25, 0.3) is 0 Å². The molecule has 0 aromatic heterocycles. The first-order chi connectivity index (χ1) is 27.5. The van der Waals surface area contributed by atoms with Gasteiger partial charge in [-0.05, 0) is 152 Å². The van der Waals surface area contributed by atoms with Crippen LogP contribution in [0.2, 0.25) is 0 Å². The van der Waals surface area contributed by atoms with Gasteiger partial charge in [0.05, 0.1) is 0 Å². The van der Waals surface area contributed by atoms with Crippen LogP contribution >= 0.6 is 15.8 Å². The van der Waals surface area contributed by atoms with Gasteiger partial charge in [-0.2, -0.15) is 0 Å². The molecule has 0 unspecified atom stereocenters. The van der Waals surface area contributed by atoms with Crippen LogP contribution in [0.3, 0.4) is 0 Å². The van der Waals surface area contributed by atoms with Crippen molar-refractivity contribution in [1.29, 1.82) is 0 Å². The maximum atomic E-state index is 2.52. The van der Waals surface area contributed by atoms with E-state index in [2.05, 4.69) is 137 Å². The van der Waals surface area contributed by atoms with E-state index in [-0.39, 0.29) is 32.9 Å². The Balaban J connectivity index is 0.000000189. The fraction of sp³-hybridized carbons (Fsp3) is 0.577. The van der Waals surface area contributed by atoms with Crippen LogP contribution in [0.5, 0.6) is 0 Å². The Kier molecular flexibility index (Phi) is 19.3. The van der Waals surface area contributed by atoms with Gasteiger partial charge >= 0.3 is 17.1 Å². The summed E-state index contributed by atoms with van der Waals surface area (Å²) in [6, 6.07) is 23.0. The largest absolute Gasteiger partial charge is 2.00 e. The first-order valence-corrected chi connectivity index (χ1v) is 26.0. The Morgan fingerprint density at radius 2 is 0.684 bits per heavy atom. The average molecular weight is 845 g/mol. The van der Waals surface area contributed by atoms with Crippen LogP contribution in [-0.4, -0.2) is 60.6 Å². The van der Waals surface area contributed by atoms with Gasteiger partial charge in [-0.15, -0.1) is 0 Å². The van der Waals surface area contributed by atoms with E-state index in [9.17, 15) is 0 Å². The molecule has 308 valence electrons. The van der Waals surface area contributed by atoms with E-state index in [0.29, 0.717) is 12.1 Å². The van der Waals surface area contributed by atoms with Crippen molar-refractivity contribution in [2.24, 2.45) is 0 Å². The van der Waals surface area contributed by atoms with Crippen LogP contribution in [0.4, 0.5) is 0 Å². The summed E-state index contributed by atoms with van der Waals surface area (Å²) < 4.78 is 0. The molecule has 6 fully saturated rings. The third kappa shape index (κ3) is 12.0.